The Hall–Kier alpha value is -1.29. The van der Waals surface area contributed by atoms with Gasteiger partial charge in [0.05, 0.1) is 11.0 Å². The summed E-state index contributed by atoms with van der Waals surface area (Å²) in [6, 6.07) is 7.96. The number of aromatic nitrogens is 2. The second kappa shape index (κ2) is 3.13. The van der Waals surface area contributed by atoms with Crippen molar-refractivity contribution in [3.05, 3.63) is 24.3 Å². The first-order chi connectivity index (χ1) is 6.93. The van der Waals surface area contributed by atoms with Gasteiger partial charge in [0.25, 0.3) is 0 Å². The van der Waals surface area contributed by atoms with Crippen LogP contribution in [0, 0.1) is 0 Å². The number of hydrogen-bond acceptors (Lipinski definition) is 4. The lowest BCUT2D eigenvalue weighted by Crippen LogP contribution is -2.12. The third kappa shape index (κ3) is 1.23. The van der Waals surface area contributed by atoms with Crippen molar-refractivity contribution in [3.8, 4) is 0 Å². The maximum absolute atomic E-state index is 4.55. The van der Waals surface area contributed by atoms with Gasteiger partial charge in [-0.1, -0.05) is 12.1 Å². The Labute approximate surface area is 85.9 Å². The van der Waals surface area contributed by atoms with Gasteiger partial charge in [-0.05, 0) is 12.1 Å². The van der Waals surface area contributed by atoms with Gasteiger partial charge in [0.2, 0.25) is 0 Å². The molecular weight excluding hydrogens is 194 g/mol. The number of thioether (sulfide) groups is 1. The van der Waals surface area contributed by atoms with Gasteiger partial charge < -0.3 is 5.32 Å². The maximum Gasteiger partial charge on any atom is 0.159 e. The van der Waals surface area contributed by atoms with E-state index in [-0.39, 0.29) is 0 Å². The molecule has 0 unspecified atom stereocenters. The average molecular weight is 203 g/mol. The topological polar surface area (TPSA) is 37.8 Å². The van der Waals surface area contributed by atoms with E-state index in [0.29, 0.717) is 0 Å². The van der Waals surface area contributed by atoms with Crippen LogP contribution in [-0.2, 0) is 0 Å². The molecule has 0 bridgehead atoms. The highest BCUT2D eigenvalue weighted by molar-refractivity contribution is 7.99. The lowest BCUT2D eigenvalue weighted by atomic mass is 10.3. The van der Waals surface area contributed by atoms with E-state index in [9.17, 15) is 0 Å². The number of benzene rings is 1. The number of nitrogens with zero attached hydrogens (tertiary/aromatic N) is 2. The number of para-hydroxylation sites is 2. The summed E-state index contributed by atoms with van der Waals surface area (Å²) in [5.74, 6) is 2.00. The summed E-state index contributed by atoms with van der Waals surface area (Å²) in [6.45, 7) is 0.977. The van der Waals surface area contributed by atoms with Crippen molar-refractivity contribution in [2.75, 3.05) is 17.6 Å². The van der Waals surface area contributed by atoms with Crippen LogP contribution in [0.1, 0.15) is 0 Å². The van der Waals surface area contributed by atoms with E-state index in [0.717, 1.165) is 34.2 Å². The van der Waals surface area contributed by atoms with E-state index >= 15 is 0 Å². The van der Waals surface area contributed by atoms with Gasteiger partial charge in [-0.3, -0.25) is 0 Å². The molecule has 2 heterocycles. The maximum atomic E-state index is 4.55. The predicted octanol–water partition coefficient (Wildman–Crippen LogP) is 2.15. The summed E-state index contributed by atoms with van der Waals surface area (Å²) in [6.07, 6.45) is 0. The standard InChI is InChI=1S/C10H9N3S/c1-2-4-8-7(3-1)12-9-10(13-8)14-6-5-11-9/h1-4H,5-6H2,(H,11,12). The van der Waals surface area contributed by atoms with E-state index in [4.69, 9.17) is 0 Å². The molecule has 4 heteroatoms. The van der Waals surface area contributed by atoms with Crippen molar-refractivity contribution in [3.63, 3.8) is 0 Å². The summed E-state index contributed by atoms with van der Waals surface area (Å²) < 4.78 is 0. The molecule has 0 fully saturated rings. The minimum absolute atomic E-state index is 0.931. The molecule has 0 spiro atoms. The largest absolute Gasteiger partial charge is 0.367 e. The smallest absolute Gasteiger partial charge is 0.159 e. The Morgan fingerprint density at radius 3 is 2.79 bits per heavy atom. The summed E-state index contributed by atoms with van der Waals surface area (Å²) in [4.78, 5) is 9.07. The number of nitrogens with one attached hydrogen (secondary N) is 1. The van der Waals surface area contributed by atoms with Crippen LogP contribution in [0.5, 0.6) is 0 Å². The fourth-order valence-electron chi connectivity index (χ4n) is 1.52. The van der Waals surface area contributed by atoms with E-state index in [1.807, 2.05) is 24.3 Å². The molecule has 70 valence electrons. The summed E-state index contributed by atoms with van der Waals surface area (Å²) >= 11 is 1.77. The summed E-state index contributed by atoms with van der Waals surface area (Å²) in [7, 11) is 0. The van der Waals surface area contributed by atoms with Crippen LogP contribution in [0.4, 0.5) is 5.82 Å². The van der Waals surface area contributed by atoms with E-state index in [1.54, 1.807) is 11.8 Å². The highest BCUT2D eigenvalue weighted by Gasteiger charge is 2.12. The van der Waals surface area contributed by atoms with Crippen molar-refractivity contribution < 1.29 is 0 Å². The highest BCUT2D eigenvalue weighted by atomic mass is 32.2. The zero-order chi connectivity index (χ0) is 9.38. The van der Waals surface area contributed by atoms with Crippen LogP contribution < -0.4 is 5.32 Å². The molecule has 0 amide bonds. The lowest BCUT2D eigenvalue weighted by molar-refractivity contribution is 1.05. The molecule has 0 aliphatic carbocycles. The monoisotopic (exact) mass is 203 g/mol. The van der Waals surface area contributed by atoms with Gasteiger partial charge in [-0.25, -0.2) is 9.97 Å². The van der Waals surface area contributed by atoms with Crippen molar-refractivity contribution in [1.29, 1.82) is 0 Å². The minimum atomic E-state index is 0.931. The quantitative estimate of drug-likeness (QED) is 0.712. The van der Waals surface area contributed by atoms with Crippen LogP contribution in [0.2, 0.25) is 0 Å². The van der Waals surface area contributed by atoms with Gasteiger partial charge >= 0.3 is 0 Å². The first kappa shape index (κ1) is 8.05. The molecule has 1 aromatic carbocycles. The van der Waals surface area contributed by atoms with Crippen molar-refractivity contribution in [2.45, 2.75) is 5.03 Å². The SMILES string of the molecule is c1ccc2nc3c(nc2c1)NCCS3. The van der Waals surface area contributed by atoms with Crippen molar-refractivity contribution >= 4 is 28.6 Å². The van der Waals surface area contributed by atoms with Gasteiger partial charge in [-0.15, -0.1) is 11.8 Å². The van der Waals surface area contributed by atoms with Gasteiger partial charge in [0.1, 0.15) is 5.03 Å². The number of hydrogen-bond donors (Lipinski definition) is 1. The van der Waals surface area contributed by atoms with Crippen LogP contribution in [-0.4, -0.2) is 22.3 Å². The van der Waals surface area contributed by atoms with Crippen molar-refractivity contribution in [2.24, 2.45) is 0 Å². The molecule has 1 N–H and O–H groups in total. The minimum Gasteiger partial charge on any atom is -0.367 e. The molecule has 0 saturated heterocycles. The van der Waals surface area contributed by atoms with Crippen LogP contribution in [0.25, 0.3) is 11.0 Å². The van der Waals surface area contributed by atoms with Crippen LogP contribution >= 0.6 is 11.8 Å². The first-order valence-corrected chi connectivity index (χ1v) is 5.55. The zero-order valence-electron chi connectivity index (χ0n) is 7.53. The molecule has 1 aliphatic heterocycles. The van der Waals surface area contributed by atoms with Crippen LogP contribution in [0.15, 0.2) is 29.3 Å². The third-order valence-corrected chi connectivity index (χ3v) is 3.14. The summed E-state index contributed by atoms with van der Waals surface area (Å²) in [5, 5.41) is 4.28. The second-order valence-electron chi connectivity index (χ2n) is 3.14. The van der Waals surface area contributed by atoms with E-state index in [1.165, 1.54) is 0 Å². The normalized spacial score (nSPS) is 14.9. The molecule has 0 radical (unpaired) electrons. The molecule has 1 aliphatic rings. The number of anilines is 1. The first-order valence-electron chi connectivity index (χ1n) is 4.57. The fourth-order valence-corrected chi connectivity index (χ4v) is 2.33. The Morgan fingerprint density at radius 1 is 1.14 bits per heavy atom. The Balaban J connectivity index is 2.27. The van der Waals surface area contributed by atoms with Crippen LogP contribution in [0.3, 0.4) is 0 Å². The fraction of sp³-hybridized carbons (Fsp3) is 0.200. The molecule has 2 aromatic rings. The second-order valence-corrected chi connectivity index (χ2v) is 4.22. The van der Waals surface area contributed by atoms with Gasteiger partial charge in [0, 0.05) is 12.3 Å². The Bertz CT molecular complexity index is 439. The lowest BCUT2D eigenvalue weighted by Gasteiger charge is -2.15. The average Bonchev–Trinajstić information content (AvgIpc) is 2.26. The Kier molecular flexibility index (Phi) is 1.80. The Morgan fingerprint density at radius 2 is 1.93 bits per heavy atom. The number of fused-ring (bicyclic) bond motifs is 2. The summed E-state index contributed by atoms with van der Waals surface area (Å²) in [5.41, 5.74) is 1.93. The highest BCUT2D eigenvalue weighted by Crippen LogP contribution is 2.28. The molecule has 1 aromatic heterocycles. The molecule has 0 saturated carbocycles. The molecule has 0 atom stereocenters. The number of rotatable bonds is 0. The molecule has 14 heavy (non-hydrogen) atoms. The van der Waals surface area contributed by atoms with Gasteiger partial charge in [-0.2, -0.15) is 0 Å². The molecular formula is C10H9N3S. The van der Waals surface area contributed by atoms with Gasteiger partial charge in [0.15, 0.2) is 5.82 Å². The zero-order valence-corrected chi connectivity index (χ0v) is 8.34. The molecule has 3 nitrogen and oxygen atoms in total. The van der Waals surface area contributed by atoms with E-state index < -0.39 is 0 Å². The predicted molar refractivity (Wildman–Crippen MR) is 58.8 cm³/mol. The van der Waals surface area contributed by atoms with Crippen molar-refractivity contribution in [1.82, 2.24) is 9.97 Å². The molecule has 3 rings (SSSR count). The third-order valence-electron chi connectivity index (χ3n) is 2.17. The van der Waals surface area contributed by atoms with E-state index in [2.05, 4.69) is 15.3 Å².